The van der Waals surface area contributed by atoms with Crippen LogP contribution in [0.5, 0.6) is 5.75 Å². The van der Waals surface area contributed by atoms with Gasteiger partial charge in [-0.2, -0.15) is 0 Å². The molecule has 2 aromatic rings. The zero-order chi connectivity index (χ0) is 15.5. The van der Waals surface area contributed by atoms with Gasteiger partial charge in [-0.25, -0.2) is 9.79 Å². The van der Waals surface area contributed by atoms with E-state index in [1.165, 1.54) is 0 Å². The summed E-state index contributed by atoms with van der Waals surface area (Å²) in [5.74, 6) is 0.328. The Hall–Kier alpha value is -2.59. The number of halogens is 1. The second kappa shape index (κ2) is 6.03. The Morgan fingerprint density at radius 3 is 2.77 bits per heavy atom. The quantitative estimate of drug-likeness (QED) is 0.641. The van der Waals surface area contributed by atoms with E-state index >= 15 is 0 Å². The lowest BCUT2D eigenvalue weighted by Crippen LogP contribution is -2.06. The predicted octanol–water partition coefficient (Wildman–Crippen LogP) is 3.69. The number of benzene rings is 2. The van der Waals surface area contributed by atoms with Gasteiger partial charge < -0.3 is 9.47 Å². The maximum atomic E-state index is 12.0. The van der Waals surface area contributed by atoms with Crippen molar-refractivity contribution in [3.63, 3.8) is 0 Å². The fourth-order valence-corrected chi connectivity index (χ4v) is 2.30. The number of hydrogen-bond acceptors (Lipinski definition) is 4. The van der Waals surface area contributed by atoms with Crippen LogP contribution in [-0.2, 0) is 9.53 Å². The molecule has 2 aromatic carbocycles. The molecule has 0 saturated carbocycles. The van der Waals surface area contributed by atoms with Crippen molar-refractivity contribution < 1.29 is 14.3 Å². The van der Waals surface area contributed by atoms with E-state index in [9.17, 15) is 4.79 Å². The highest BCUT2D eigenvalue weighted by molar-refractivity contribution is 6.30. The van der Waals surface area contributed by atoms with E-state index in [0.717, 1.165) is 5.56 Å². The van der Waals surface area contributed by atoms with Gasteiger partial charge in [0.2, 0.25) is 5.90 Å². The molecule has 0 fully saturated rings. The van der Waals surface area contributed by atoms with E-state index < -0.39 is 5.97 Å². The largest absolute Gasteiger partial charge is 0.496 e. The molecule has 22 heavy (non-hydrogen) atoms. The van der Waals surface area contributed by atoms with Gasteiger partial charge in [-0.05, 0) is 35.9 Å². The maximum absolute atomic E-state index is 12.0. The lowest BCUT2D eigenvalue weighted by Gasteiger charge is -2.05. The Kier molecular flexibility index (Phi) is 3.94. The number of cyclic esters (lactones) is 1. The molecule has 4 nitrogen and oxygen atoms in total. The summed E-state index contributed by atoms with van der Waals surface area (Å²) in [7, 11) is 1.55. The summed E-state index contributed by atoms with van der Waals surface area (Å²) in [6, 6.07) is 14.4. The first-order valence-corrected chi connectivity index (χ1v) is 6.96. The van der Waals surface area contributed by atoms with Crippen molar-refractivity contribution in [1.29, 1.82) is 0 Å². The molecule has 0 saturated heterocycles. The van der Waals surface area contributed by atoms with Gasteiger partial charge in [-0.3, -0.25) is 0 Å². The van der Waals surface area contributed by atoms with Crippen LogP contribution in [0.15, 0.2) is 59.2 Å². The number of hydrogen-bond donors (Lipinski definition) is 0. The highest BCUT2D eigenvalue weighted by Gasteiger charge is 2.26. The number of carbonyl (C=O) groups excluding carboxylic acids is 1. The number of aliphatic imine (C=N–C) groups is 1. The third-order valence-corrected chi connectivity index (χ3v) is 3.35. The molecule has 1 aliphatic rings. The Morgan fingerprint density at radius 2 is 2.00 bits per heavy atom. The van der Waals surface area contributed by atoms with Gasteiger partial charge in [0.05, 0.1) is 12.7 Å². The van der Waals surface area contributed by atoms with E-state index in [4.69, 9.17) is 21.1 Å². The molecular weight excluding hydrogens is 302 g/mol. The van der Waals surface area contributed by atoms with Crippen LogP contribution in [-0.4, -0.2) is 19.0 Å². The summed E-state index contributed by atoms with van der Waals surface area (Å²) < 4.78 is 10.5. The van der Waals surface area contributed by atoms with E-state index in [-0.39, 0.29) is 11.6 Å². The summed E-state index contributed by atoms with van der Waals surface area (Å²) >= 11 is 5.93. The van der Waals surface area contributed by atoms with Crippen molar-refractivity contribution in [3.05, 3.63) is 70.4 Å². The number of esters is 1. The topological polar surface area (TPSA) is 47.9 Å². The molecule has 3 rings (SSSR count). The molecular formula is C17H12ClNO3. The van der Waals surface area contributed by atoms with E-state index in [0.29, 0.717) is 16.3 Å². The van der Waals surface area contributed by atoms with Crippen LogP contribution >= 0.6 is 11.6 Å². The van der Waals surface area contributed by atoms with Gasteiger partial charge in [-0.1, -0.05) is 35.9 Å². The smallest absolute Gasteiger partial charge is 0.363 e. The van der Waals surface area contributed by atoms with E-state index in [2.05, 4.69) is 4.99 Å². The molecule has 0 atom stereocenters. The zero-order valence-corrected chi connectivity index (χ0v) is 12.5. The summed E-state index contributed by atoms with van der Waals surface area (Å²) in [4.78, 5) is 16.2. The summed E-state index contributed by atoms with van der Waals surface area (Å²) in [5.41, 5.74) is 1.64. The fraction of sp³-hybridized carbons (Fsp3) is 0.0588. The molecule has 0 aliphatic carbocycles. The van der Waals surface area contributed by atoms with Crippen molar-refractivity contribution in [2.24, 2.45) is 4.99 Å². The van der Waals surface area contributed by atoms with Gasteiger partial charge in [-0.15, -0.1) is 0 Å². The summed E-state index contributed by atoms with van der Waals surface area (Å²) in [6.45, 7) is 0. The molecule has 1 aliphatic heterocycles. The van der Waals surface area contributed by atoms with E-state index in [1.54, 1.807) is 43.5 Å². The van der Waals surface area contributed by atoms with Gasteiger partial charge in [0.15, 0.2) is 5.70 Å². The normalized spacial score (nSPS) is 15.6. The van der Waals surface area contributed by atoms with Gasteiger partial charge >= 0.3 is 5.97 Å². The van der Waals surface area contributed by atoms with Gasteiger partial charge in [0.1, 0.15) is 5.75 Å². The Labute approximate surface area is 132 Å². The van der Waals surface area contributed by atoms with Crippen molar-refractivity contribution >= 4 is 29.5 Å². The fourth-order valence-electron chi connectivity index (χ4n) is 2.10. The van der Waals surface area contributed by atoms with Crippen LogP contribution in [0.3, 0.4) is 0 Å². The molecule has 0 spiro atoms. The van der Waals surface area contributed by atoms with Crippen molar-refractivity contribution in [2.45, 2.75) is 0 Å². The van der Waals surface area contributed by atoms with Crippen molar-refractivity contribution in [1.82, 2.24) is 0 Å². The molecule has 1 heterocycles. The van der Waals surface area contributed by atoms with E-state index in [1.807, 2.05) is 18.2 Å². The minimum Gasteiger partial charge on any atom is -0.496 e. The zero-order valence-electron chi connectivity index (χ0n) is 11.7. The second-order valence-corrected chi connectivity index (χ2v) is 5.03. The summed E-state index contributed by atoms with van der Waals surface area (Å²) in [6.07, 6.45) is 1.64. The minimum absolute atomic E-state index is 0.225. The monoisotopic (exact) mass is 313 g/mol. The number of carbonyl (C=O) groups is 1. The number of nitrogens with zero attached hydrogens (tertiary/aromatic N) is 1. The second-order valence-electron chi connectivity index (χ2n) is 4.59. The first-order valence-electron chi connectivity index (χ1n) is 6.59. The summed E-state index contributed by atoms with van der Waals surface area (Å²) in [5, 5.41) is 0.592. The number of para-hydroxylation sites is 1. The SMILES string of the molecule is COc1ccccc1C1=N/C(=C/c2cccc(Cl)c2)C(=O)O1. The lowest BCUT2D eigenvalue weighted by atomic mass is 10.2. The lowest BCUT2D eigenvalue weighted by molar-refractivity contribution is -0.129. The third-order valence-electron chi connectivity index (χ3n) is 3.11. The van der Waals surface area contributed by atoms with Crippen LogP contribution < -0.4 is 4.74 Å². The predicted molar refractivity (Wildman–Crippen MR) is 85.1 cm³/mol. The molecule has 0 bridgehead atoms. The van der Waals surface area contributed by atoms with Gasteiger partial charge in [0, 0.05) is 5.02 Å². The molecule has 110 valence electrons. The molecule has 0 aromatic heterocycles. The standard InChI is InChI=1S/C17H12ClNO3/c1-21-15-8-3-2-7-13(15)16-19-14(17(20)22-16)10-11-5-4-6-12(18)9-11/h2-10H,1H3/b14-10+. The van der Waals surface area contributed by atoms with Gasteiger partial charge in [0.25, 0.3) is 0 Å². The van der Waals surface area contributed by atoms with Crippen LogP contribution in [0, 0.1) is 0 Å². The average Bonchev–Trinajstić information content (AvgIpc) is 2.88. The average molecular weight is 314 g/mol. The van der Waals surface area contributed by atoms with Crippen molar-refractivity contribution in [2.75, 3.05) is 7.11 Å². The van der Waals surface area contributed by atoms with Crippen LogP contribution in [0.1, 0.15) is 11.1 Å². The molecule has 0 radical (unpaired) electrons. The molecule has 5 heteroatoms. The number of ether oxygens (including phenoxy) is 2. The highest BCUT2D eigenvalue weighted by atomic mass is 35.5. The Bertz CT molecular complexity index is 796. The molecule has 0 unspecified atom stereocenters. The first-order chi connectivity index (χ1) is 10.7. The molecule has 0 amide bonds. The Morgan fingerprint density at radius 1 is 1.18 bits per heavy atom. The van der Waals surface area contributed by atoms with Crippen LogP contribution in [0.2, 0.25) is 5.02 Å². The minimum atomic E-state index is -0.499. The van der Waals surface area contributed by atoms with Crippen molar-refractivity contribution in [3.8, 4) is 5.75 Å². The number of methoxy groups -OCH3 is 1. The first kappa shape index (κ1) is 14.4. The molecule has 0 N–H and O–H groups in total. The third kappa shape index (κ3) is 2.87. The Balaban J connectivity index is 1.98. The van der Waals surface area contributed by atoms with Crippen LogP contribution in [0.25, 0.3) is 6.08 Å². The highest BCUT2D eigenvalue weighted by Crippen LogP contribution is 2.25. The maximum Gasteiger partial charge on any atom is 0.363 e. The van der Waals surface area contributed by atoms with Crippen LogP contribution in [0.4, 0.5) is 0 Å². The number of rotatable bonds is 3.